The highest BCUT2D eigenvalue weighted by Gasteiger charge is 2.32. The first-order valence-corrected chi connectivity index (χ1v) is 7.64. The van der Waals surface area contributed by atoms with Crippen LogP contribution in [0.4, 0.5) is 0 Å². The van der Waals surface area contributed by atoms with Gasteiger partial charge in [-0.05, 0) is 53.0 Å². The first-order chi connectivity index (χ1) is 9.72. The minimum atomic E-state index is -0.180. The van der Waals surface area contributed by atoms with Gasteiger partial charge in [0, 0.05) is 11.1 Å². The first kappa shape index (κ1) is 16.5. The van der Waals surface area contributed by atoms with Gasteiger partial charge in [-0.2, -0.15) is 0 Å². The van der Waals surface area contributed by atoms with Crippen LogP contribution in [0.5, 0.6) is 0 Å². The number of hydrogen-bond donors (Lipinski definition) is 2. The second kappa shape index (κ2) is 6.07. The van der Waals surface area contributed by atoms with Crippen LogP contribution in [0, 0.1) is 0 Å². The van der Waals surface area contributed by atoms with Gasteiger partial charge in [-0.3, -0.25) is 5.32 Å². The standard InChI is InChI=1S/C16H28N2O3/c1-11(8-19)12(14-18-16(4,5)10-21-14)6-7-13-17-15(2,3)9-20-13/h13,17,19H,6-10H2,1-5H3. The van der Waals surface area contributed by atoms with E-state index in [9.17, 15) is 5.11 Å². The van der Waals surface area contributed by atoms with Crippen molar-refractivity contribution >= 4 is 5.90 Å². The quantitative estimate of drug-likeness (QED) is 0.814. The van der Waals surface area contributed by atoms with E-state index >= 15 is 0 Å². The van der Waals surface area contributed by atoms with Gasteiger partial charge in [-0.15, -0.1) is 0 Å². The van der Waals surface area contributed by atoms with Crippen molar-refractivity contribution in [1.82, 2.24) is 5.32 Å². The van der Waals surface area contributed by atoms with Crippen LogP contribution in [0.2, 0.25) is 0 Å². The molecule has 5 heteroatoms. The number of ether oxygens (including phenoxy) is 2. The third kappa shape index (κ3) is 4.28. The normalized spacial score (nSPS) is 28.1. The molecule has 1 unspecified atom stereocenters. The number of rotatable bonds is 5. The molecule has 0 aliphatic carbocycles. The molecule has 5 nitrogen and oxygen atoms in total. The van der Waals surface area contributed by atoms with Crippen LogP contribution in [0.1, 0.15) is 47.5 Å². The topological polar surface area (TPSA) is 63.1 Å². The predicted octanol–water partition coefficient (Wildman–Crippen LogP) is 2.01. The molecule has 1 fully saturated rings. The molecule has 120 valence electrons. The van der Waals surface area contributed by atoms with Crippen LogP contribution >= 0.6 is 0 Å². The summed E-state index contributed by atoms with van der Waals surface area (Å²) in [7, 11) is 0. The Balaban J connectivity index is 2.03. The second-order valence-electron chi connectivity index (χ2n) is 7.30. The van der Waals surface area contributed by atoms with Gasteiger partial charge >= 0.3 is 0 Å². The molecule has 0 bridgehead atoms. The smallest absolute Gasteiger partial charge is 0.212 e. The van der Waals surface area contributed by atoms with E-state index in [0.717, 1.165) is 30.6 Å². The number of nitrogens with one attached hydrogen (secondary N) is 1. The minimum Gasteiger partial charge on any atom is -0.475 e. The SMILES string of the molecule is CC(CO)=C(CCC1NC(C)(C)CO1)C1=NC(C)(C)CO1. The molecule has 0 aromatic heterocycles. The van der Waals surface area contributed by atoms with E-state index in [4.69, 9.17) is 9.47 Å². The third-order valence-corrected chi connectivity index (χ3v) is 3.83. The van der Waals surface area contributed by atoms with Gasteiger partial charge in [-0.25, -0.2) is 4.99 Å². The molecular formula is C16H28N2O3. The van der Waals surface area contributed by atoms with Crippen molar-refractivity contribution in [1.29, 1.82) is 0 Å². The maximum absolute atomic E-state index is 9.46. The van der Waals surface area contributed by atoms with Crippen molar-refractivity contribution in [2.45, 2.75) is 64.8 Å². The Morgan fingerprint density at radius 1 is 1.33 bits per heavy atom. The molecule has 2 N–H and O–H groups in total. The van der Waals surface area contributed by atoms with E-state index in [1.165, 1.54) is 0 Å². The van der Waals surface area contributed by atoms with E-state index in [-0.39, 0.29) is 23.9 Å². The molecule has 0 aromatic carbocycles. The lowest BCUT2D eigenvalue weighted by Gasteiger charge is -2.18. The Morgan fingerprint density at radius 2 is 2.05 bits per heavy atom. The average molecular weight is 296 g/mol. The van der Waals surface area contributed by atoms with Crippen molar-refractivity contribution in [3.63, 3.8) is 0 Å². The van der Waals surface area contributed by atoms with Crippen molar-refractivity contribution in [2.75, 3.05) is 19.8 Å². The van der Waals surface area contributed by atoms with Crippen LogP contribution in [-0.2, 0) is 9.47 Å². The second-order valence-corrected chi connectivity index (χ2v) is 7.30. The summed E-state index contributed by atoms with van der Waals surface area (Å²) < 4.78 is 11.5. The van der Waals surface area contributed by atoms with E-state index in [1.807, 2.05) is 6.92 Å². The summed E-state index contributed by atoms with van der Waals surface area (Å²) in [5.41, 5.74) is 1.78. The Labute approximate surface area is 127 Å². The highest BCUT2D eigenvalue weighted by atomic mass is 16.5. The molecule has 21 heavy (non-hydrogen) atoms. The number of aliphatic hydroxyl groups is 1. The summed E-state index contributed by atoms with van der Waals surface area (Å²) in [5, 5.41) is 12.9. The van der Waals surface area contributed by atoms with Gasteiger partial charge in [0.2, 0.25) is 5.90 Å². The molecule has 0 saturated carbocycles. The van der Waals surface area contributed by atoms with Gasteiger partial charge in [0.25, 0.3) is 0 Å². The van der Waals surface area contributed by atoms with E-state index in [1.54, 1.807) is 0 Å². The molecule has 0 aromatic rings. The molecule has 0 spiro atoms. The zero-order valence-electron chi connectivity index (χ0n) is 13.8. The van der Waals surface area contributed by atoms with Crippen LogP contribution in [0.15, 0.2) is 16.1 Å². The maximum Gasteiger partial charge on any atom is 0.212 e. The fraction of sp³-hybridized carbons (Fsp3) is 0.812. The van der Waals surface area contributed by atoms with E-state index in [2.05, 4.69) is 38.0 Å². The third-order valence-electron chi connectivity index (χ3n) is 3.83. The zero-order valence-corrected chi connectivity index (χ0v) is 13.8. The molecule has 2 heterocycles. The van der Waals surface area contributed by atoms with Gasteiger partial charge in [0.15, 0.2) is 0 Å². The Bertz CT molecular complexity index is 452. The van der Waals surface area contributed by atoms with Gasteiger partial charge < -0.3 is 14.6 Å². The van der Waals surface area contributed by atoms with Crippen molar-refractivity contribution in [3.05, 3.63) is 11.1 Å². The molecule has 1 saturated heterocycles. The highest BCUT2D eigenvalue weighted by Crippen LogP contribution is 2.26. The Morgan fingerprint density at radius 3 is 2.52 bits per heavy atom. The van der Waals surface area contributed by atoms with E-state index in [0.29, 0.717) is 12.5 Å². The summed E-state index contributed by atoms with van der Waals surface area (Å²) in [6.45, 7) is 11.6. The van der Waals surface area contributed by atoms with Crippen LogP contribution in [0.3, 0.4) is 0 Å². The number of aliphatic hydroxyl groups excluding tert-OH is 1. The van der Waals surface area contributed by atoms with Crippen molar-refractivity contribution in [3.8, 4) is 0 Å². The lowest BCUT2D eigenvalue weighted by Crippen LogP contribution is -2.39. The van der Waals surface area contributed by atoms with Crippen LogP contribution in [-0.4, -0.2) is 48.1 Å². The van der Waals surface area contributed by atoms with E-state index < -0.39 is 0 Å². The summed E-state index contributed by atoms with van der Waals surface area (Å²) >= 11 is 0. The molecule has 0 radical (unpaired) electrons. The summed E-state index contributed by atoms with van der Waals surface area (Å²) in [5.74, 6) is 0.684. The van der Waals surface area contributed by atoms with Crippen molar-refractivity contribution in [2.24, 2.45) is 4.99 Å². The molecule has 2 aliphatic rings. The molecule has 2 aliphatic heterocycles. The van der Waals surface area contributed by atoms with Gasteiger partial charge in [-0.1, -0.05) is 0 Å². The van der Waals surface area contributed by atoms with Crippen LogP contribution in [0.25, 0.3) is 0 Å². The fourth-order valence-electron chi connectivity index (χ4n) is 2.60. The fourth-order valence-corrected chi connectivity index (χ4v) is 2.60. The van der Waals surface area contributed by atoms with Gasteiger partial charge in [0.1, 0.15) is 12.8 Å². The monoisotopic (exact) mass is 296 g/mol. The first-order valence-electron chi connectivity index (χ1n) is 7.64. The number of hydrogen-bond acceptors (Lipinski definition) is 5. The number of nitrogens with zero attached hydrogens (tertiary/aromatic N) is 1. The summed E-state index contributed by atoms with van der Waals surface area (Å²) in [6.07, 6.45) is 1.69. The van der Waals surface area contributed by atoms with Gasteiger partial charge in [0.05, 0.1) is 18.8 Å². The van der Waals surface area contributed by atoms with Crippen molar-refractivity contribution < 1.29 is 14.6 Å². The van der Waals surface area contributed by atoms with Crippen LogP contribution < -0.4 is 5.32 Å². The molecule has 2 rings (SSSR count). The summed E-state index contributed by atoms with van der Waals surface area (Å²) in [4.78, 5) is 4.63. The maximum atomic E-state index is 9.46. The molecular weight excluding hydrogens is 268 g/mol. The molecule has 1 atom stereocenters. The Hall–Kier alpha value is -0.910. The average Bonchev–Trinajstić information content (AvgIpc) is 2.92. The lowest BCUT2D eigenvalue weighted by atomic mass is 10.0. The zero-order chi connectivity index (χ0) is 15.7. The lowest BCUT2D eigenvalue weighted by molar-refractivity contribution is 0.0920. The molecule has 0 amide bonds. The summed E-state index contributed by atoms with van der Waals surface area (Å²) in [6, 6.07) is 0. The predicted molar refractivity (Wildman–Crippen MR) is 83.4 cm³/mol. The Kier molecular flexibility index (Phi) is 4.76. The minimum absolute atomic E-state index is 0.0303. The largest absolute Gasteiger partial charge is 0.475 e. The number of aliphatic imine (C=N–C) groups is 1. The highest BCUT2D eigenvalue weighted by molar-refractivity contribution is 5.95.